The van der Waals surface area contributed by atoms with Crippen LogP contribution in [0.4, 0.5) is 5.69 Å². The Hall–Kier alpha value is -2.84. The van der Waals surface area contributed by atoms with Crippen LogP contribution < -0.4 is 4.31 Å². The van der Waals surface area contributed by atoms with Crippen molar-refractivity contribution >= 4 is 39.2 Å². The van der Waals surface area contributed by atoms with E-state index in [0.717, 1.165) is 10.7 Å². The van der Waals surface area contributed by atoms with Crippen molar-refractivity contribution < 1.29 is 22.7 Å². The second kappa shape index (κ2) is 11.1. The summed E-state index contributed by atoms with van der Waals surface area (Å²) in [6, 6.07) is 12.1. The number of amides is 1. The van der Waals surface area contributed by atoms with E-state index in [4.69, 9.17) is 16.3 Å². The van der Waals surface area contributed by atoms with Gasteiger partial charge in [-0.15, -0.1) is 6.58 Å². The van der Waals surface area contributed by atoms with Gasteiger partial charge in [-0.2, -0.15) is 0 Å². The van der Waals surface area contributed by atoms with Crippen LogP contribution in [-0.4, -0.2) is 51.4 Å². The Balaban J connectivity index is 1.76. The van der Waals surface area contributed by atoms with Gasteiger partial charge < -0.3 is 9.64 Å². The van der Waals surface area contributed by atoms with Gasteiger partial charge in [0.25, 0.3) is 15.9 Å². The van der Waals surface area contributed by atoms with E-state index in [1.807, 2.05) is 0 Å². The number of anilines is 1. The minimum Gasteiger partial charge on any atom is -0.452 e. The molecular weight excluding hydrogens is 476 g/mol. The molecule has 0 aromatic heterocycles. The number of hydrogen-bond acceptors (Lipinski definition) is 5. The third kappa shape index (κ3) is 5.98. The molecule has 182 valence electrons. The first kappa shape index (κ1) is 25.8. The number of nitrogens with zero attached hydrogens (tertiary/aromatic N) is 2. The predicted octanol–water partition coefficient (Wildman–Crippen LogP) is 4.38. The summed E-state index contributed by atoms with van der Waals surface area (Å²) in [6.45, 7) is 8.68. The Morgan fingerprint density at radius 1 is 1.15 bits per heavy atom. The molecule has 0 saturated carbocycles. The number of carbonyl (C=O) groups excluding carboxylic acids is 2. The van der Waals surface area contributed by atoms with Crippen LogP contribution in [0.3, 0.4) is 0 Å². The van der Waals surface area contributed by atoms with Crippen molar-refractivity contribution in [2.45, 2.75) is 25.2 Å². The topological polar surface area (TPSA) is 84.0 Å². The fourth-order valence-electron chi connectivity index (χ4n) is 4.18. The van der Waals surface area contributed by atoms with Crippen molar-refractivity contribution in [2.24, 2.45) is 11.8 Å². The molecule has 3 rings (SSSR count). The summed E-state index contributed by atoms with van der Waals surface area (Å²) < 4.78 is 33.1. The van der Waals surface area contributed by atoms with Crippen molar-refractivity contribution in [1.29, 1.82) is 0 Å². The molecule has 0 unspecified atom stereocenters. The number of esters is 1. The highest BCUT2D eigenvalue weighted by Crippen LogP contribution is 2.30. The maximum Gasteiger partial charge on any atom is 0.338 e. The van der Waals surface area contributed by atoms with Crippen molar-refractivity contribution in [3.05, 3.63) is 71.8 Å². The van der Waals surface area contributed by atoms with E-state index in [9.17, 15) is 18.0 Å². The van der Waals surface area contributed by atoms with Crippen LogP contribution in [0.15, 0.2) is 66.1 Å². The molecule has 1 aliphatic rings. The fourth-order valence-corrected chi connectivity index (χ4v) is 5.97. The molecule has 0 spiro atoms. The van der Waals surface area contributed by atoms with Gasteiger partial charge in [0.15, 0.2) is 6.61 Å². The van der Waals surface area contributed by atoms with Crippen LogP contribution in [-0.2, 0) is 19.6 Å². The van der Waals surface area contributed by atoms with E-state index in [-0.39, 0.29) is 27.9 Å². The summed E-state index contributed by atoms with van der Waals surface area (Å²) in [5.41, 5.74) is 0.333. The smallest absolute Gasteiger partial charge is 0.338 e. The highest BCUT2D eigenvalue weighted by Gasteiger charge is 2.28. The van der Waals surface area contributed by atoms with E-state index in [1.165, 1.54) is 30.3 Å². The van der Waals surface area contributed by atoms with Gasteiger partial charge >= 0.3 is 5.97 Å². The van der Waals surface area contributed by atoms with Crippen molar-refractivity contribution in [3.63, 3.8) is 0 Å². The standard InChI is InChI=1S/C25H29ClN2O5S/c1-4-12-28(23-11-6-5-10-22(23)26)34(31,32)21-9-7-8-20(14-21)25(30)33-17-24(29)27-15-18(2)13-19(3)16-27/h4-11,14,18-19H,1,12-13,15-17H2,2-3H3/t18-,19+. The highest BCUT2D eigenvalue weighted by atomic mass is 35.5. The van der Waals surface area contributed by atoms with Crippen molar-refractivity contribution in [2.75, 3.05) is 30.5 Å². The van der Waals surface area contributed by atoms with Gasteiger partial charge in [-0.25, -0.2) is 13.2 Å². The molecule has 0 radical (unpaired) electrons. The molecule has 1 heterocycles. The van der Waals surface area contributed by atoms with Gasteiger partial charge in [0.05, 0.1) is 27.7 Å². The van der Waals surface area contributed by atoms with Gasteiger partial charge in [-0.1, -0.05) is 49.7 Å². The third-order valence-corrected chi connectivity index (χ3v) is 7.72. The SMILES string of the molecule is C=CCN(c1ccccc1Cl)S(=O)(=O)c1cccc(C(=O)OCC(=O)N2C[C@H](C)C[C@H](C)C2)c1. The molecule has 34 heavy (non-hydrogen) atoms. The van der Waals surface area contributed by atoms with Crippen LogP contribution in [0, 0.1) is 11.8 Å². The molecule has 2 aromatic carbocycles. The molecule has 1 amide bonds. The minimum atomic E-state index is -4.06. The number of rotatable bonds is 8. The summed E-state index contributed by atoms with van der Waals surface area (Å²) in [4.78, 5) is 26.8. The Labute approximate surface area is 206 Å². The zero-order chi connectivity index (χ0) is 24.9. The Bertz CT molecular complexity index is 1160. The lowest BCUT2D eigenvalue weighted by molar-refractivity contribution is -0.137. The zero-order valence-electron chi connectivity index (χ0n) is 19.3. The first-order valence-electron chi connectivity index (χ1n) is 11.1. The normalized spacial score (nSPS) is 18.3. The molecule has 0 N–H and O–H groups in total. The van der Waals surface area contributed by atoms with E-state index in [0.29, 0.717) is 30.6 Å². The Morgan fingerprint density at radius 3 is 2.47 bits per heavy atom. The van der Waals surface area contributed by atoms with Crippen LogP contribution in [0.2, 0.25) is 5.02 Å². The molecule has 7 nitrogen and oxygen atoms in total. The second-order valence-corrected chi connectivity index (χ2v) is 10.9. The molecule has 1 saturated heterocycles. The maximum atomic E-state index is 13.4. The molecule has 0 aliphatic carbocycles. The fraction of sp³-hybridized carbons (Fsp3) is 0.360. The third-order valence-electron chi connectivity index (χ3n) is 5.62. The summed E-state index contributed by atoms with van der Waals surface area (Å²) in [7, 11) is -4.06. The lowest BCUT2D eigenvalue weighted by Crippen LogP contribution is -2.44. The molecule has 2 aromatic rings. The highest BCUT2D eigenvalue weighted by molar-refractivity contribution is 7.92. The van der Waals surface area contributed by atoms with Crippen molar-refractivity contribution in [3.8, 4) is 0 Å². The number of halogens is 1. The lowest BCUT2D eigenvalue weighted by atomic mass is 9.92. The summed E-state index contributed by atoms with van der Waals surface area (Å²) in [5, 5.41) is 0.267. The lowest BCUT2D eigenvalue weighted by Gasteiger charge is -2.34. The number of para-hydroxylation sites is 1. The minimum absolute atomic E-state index is 0.0120. The Morgan fingerprint density at radius 2 is 1.82 bits per heavy atom. The summed E-state index contributed by atoms with van der Waals surface area (Å²) in [6.07, 6.45) is 2.51. The molecule has 1 fully saturated rings. The number of hydrogen-bond donors (Lipinski definition) is 0. The van der Waals surface area contributed by atoms with Crippen LogP contribution in [0.1, 0.15) is 30.6 Å². The largest absolute Gasteiger partial charge is 0.452 e. The summed E-state index contributed by atoms with van der Waals surface area (Å²) >= 11 is 6.23. The number of sulfonamides is 1. The van der Waals surface area contributed by atoms with Crippen molar-refractivity contribution in [1.82, 2.24) is 4.90 Å². The number of benzene rings is 2. The van der Waals surface area contributed by atoms with Crippen LogP contribution in [0.5, 0.6) is 0 Å². The van der Waals surface area contributed by atoms with Gasteiger partial charge in [-0.3, -0.25) is 9.10 Å². The zero-order valence-corrected chi connectivity index (χ0v) is 20.9. The van der Waals surface area contributed by atoms with E-state index in [1.54, 1.807) is 29.2 Å². The van der Waals surface area contributed by atoms with Gasteiger partial charge in [0.2, 0.25) is 0 Å². The van der Waals surface area contributed by atoms with Gasteiger partial charge in [0.1, 0.15) is 0 Å². The predicted molar refractivity (Wildman–Crippen MR) is 132 cm³/mol. The number of likely N-dealkylation sites (tertiary alicyclic amines) is 1. The first-order chi connectivity index (χ1) is 16.1. The first-order valence-corrected chi connectivity index (χ1v) is 12.9. The van der Waals surface area contributed by atoms with E-state index < -0.39 is 22.6 Å². The van der Waals surface area contributed by atoms with E-state index in [2.05, 4.69) is 20.4 Å². The molecule has 0 bridgehead atoms. The molecule has 2 atom stereocenters. The Kier molecular flexibility index (Phi) is 8.38. The van der Waals surface area contributed by atoms with Gasteiger partial charge in [0, 0.05) is 13.1 Å². The molecule has 9 heteroatoms. The molecule has 1 aliphatic heterocycles. The number of carbonyl (C=O) groups is 2. The van der Waals surface area contributed by atoms with Crippen LogP contribution >= 0.6 is 11.6 Å². The monoisotopic (exact) mass is 504 g/mol. The molecular formula is C25H29ClN2O5S. The van der Waals surface area contributed by atoms with Crippen LogP contribution in [0.25, 0.3) is 0 Å². The average Bonchev–Trinajstić information content (AvgIpc) is 2.80. The van der Waals surface area contributed by atoms with Gasteiger partial charge in [-0.05, 0) is 48.6 Å². The second-order valence-electron chi connectivity index (χ2n) is 8.62. The van der Waals surface area contributed by atoms with E-state index >= 15 is 0 Å². The number of piperidine rings is 1. The average molecular weight is 505 g/mol. The quantitative estimate of drug-likeness (QED) is 0.393. The maximum absolute atomic E-state index is 13.4. The summed E-state index contributed by atoms with van der Waals surface area (Å²) in [5.74, 6) is -0.244. The number of ether oxygens (including phenoxy) is 1.